The van der Waals surface area contributed by atoms with Crippen LogP contribution in [0.25, 0.3) is 10.2 Å². The van der Waals surface area contributed by atoms with Gasteiger partial charge in [0.25, 0.3) is 0 Å². The highest BCUT2D eigenvalue weighted by Gasteiger charge is 2.22. The highest BCUT2D eigenvalue weighted by Crippen LogP contribution is 2.30. The highest BCUT2D eigenvalue weighted by molar-refractivity contribution is 7.85. The van der Waals surface area contributed by atoms with E-state index in [1.165, 1.54) is 29.5 Å². The van der Waals surface area contributed by atoms with Crippen LogP contribution in [-0.4, -0.2) is 29.5 Å². The summed E-state index contributed by atoms with van der Waals surface area (Å²) >= 11 is 1.47. The van der Waals surface area contributed by atoms with Crippen molar-refractivity contribution < 1.29 is 13.0 Å². The number of anilines is 1. The van der Waals surface area contributed by atoms with E-state index in [9.17, 15) is 13.0 Å². The van der Waals surface area contributed by atoms with Crippen molar-refractivity contribution in [3.05, 3.63) is 48.5 Å². The van der Waals surface area contributed by atoms with Gasteiger partial charge in [-0.2, -0.15) is 5.10 Å². The fourth-order valence-corrected chi connectivity index (χ4v) is 4.02. The smallest absolute Gasteiger partial charge is 0.212 e. The second kappa shape index (κ2) is 6.27. The van der Waals surface area contributed by atoms with Crippen molar-refractivity contribution in [1.82, 2.24) is 4.98 Å². The summed E-state index contributed by atoms with van der Waals surface area (Å²) in [7, 11) is -4.54. The Kier molecular flexibility index (Phi) is 4.06. The van der Waals surface area contributed by atoms with E-state index in [4.69, 9.17) is 0 Å². The van der Waals surface area contributed by atoms with Gasteiger partial charge in [-0.05, 0) is 37.3 Å². The minimum atomic E-state index is -4.54. The fraction of sp³-hybridized carbons (Fsp3) is 0.118. The largest absolute Gasteiger partial charge is 0.744 e. The molecule has 0 saturated carbocycles. The Bertz CT molecular complexity index is 1130. The molecular weight excluding hydrogens is 372 g/mol. The molecule has 1 aliphatic rings. The number of nitrogens with zero attached hydrogens (tertiary/aromatic N) is 4. The highest BCUT2D eigenvalue weighted by atomic mass is 32.2. The Morgan fingerprint density at radius 3 is 2.77 bits per heavy atom. The van der Waals surface area contributed by atoms with E-state index in [0.717, 1.165) is 15.9 Å². The Morgan fingerprint density at radius 1 is 1.19 bits per heavy atom. The Hall–Kier alpha value is -2.62. The summed E-state index contributed by atoms with van der Waals surface area (Å²) in [5.74, 6) is 0.627. The molecule has 1 aromatic heterocycles. The maximum absolute atomic E-state index is 11.3. The van der Waals surface area contributed by atoms with Crippen LogP contribution in [0.2, 0.25) is 0 Å². The van der Waals surface area contributed by atoms with Crippen LogP contribution in [0.4, 0.5) is 10.8 Å². The van der Waals surface area contributed by atoms with Crippen molar-refractivity contribution in [2.45, 2.75) is 18.2 Å². The Morgan fingerprint density at radius 2 is 2.00 bits per heavy atom. The third kappa shape index (κ3) is 3.24. The molecule has 7 nitrogen and oxygen atoms in total. The lowest BCUT2D eigenvalue weighted by atomic mass is 10.2. The van der Waals surface area contributed by atoms with Crippen molar-refractivity contribution in [2.24, 2.45) is 10.1 Å². The number of aromatic nitrogens is 1. The monoisotopic (exact) mass is 385 g/mol. The molecule has 0 spiro atoms. The lowest BCUT2D eigenvalue weighted by Gasteiger charge is -2.16. The molecule has 0 atom stereocenters. The maximum atomic E-state index is 11.3. The van der Waals surface area contributed by atoms with E-state index in [-0.39, 0.29) is 4.90 Å². The van der Waals surface area contributed by atoms with Gasteiger partial charge >= 0.3 is 0 Å². The van der Waals surface area contributed by atoms with Crippen LogP contribution in [0.5, 0.6) is 0 Å². The molecule has 0 N–H and O–H groups in total. The number of para-hydroxylation sites is 1. The summed E-state index contributed by atoms with van der Waals surface area (Å²) in [5, 5.41) is 6.56. The topological polar surface area (TPSA) is 98.0 Å². The number of fused-ring (bicyclic) bond motifs is 1. The zero-order chi connectivity index (χ0) is 18.3. The maximum Gasteiger partial charge on any atom is 0.212 e. The van der Waals surface area contributed by atoms with Crippen molar-refractivity contribution in [1.29, 1.82) is 0 Å². The van der Waals surface area contributed by atoms with Gasteiger partial charge in [-0.25, -0.2) is 23.4 Å². The van der Waals surface area contributed by atoms with Crippen LogP contribution in [0.15, 0.2) is 63.5 Å². The predicted octanol–water partition coefficient (Wildman–Crippen LogP) is 3.52. The fourth-order valence-electron chi connectivity index (χ4n) is 2.65. The van der Waals surface area contributed by atoms with Crippen LogP contribution < -0.4 is 5.01 Å². The normalized spacial score (nSPS) is 16.5. The molecular formula is C17H13N4O3S2-. The number of hydrogen-bond acceptors (Lipinski definition) is 7. The van der Waals surface area contributed by atoms with Gasteiger partial charge in [-0.1, -0.05) is 29.5 Å². The van der Waals surface area contributed by atoms with E-state index in [2.05, 4.69) is 15.1 Å². The minimum absolute atomic E-state index is 0.297. The van der Waals surface area contributed by atoms with Crippen molar-refractivity contribution in [3.8, 4) is 0 Å². The minimum Gasteiger partial charge on any atom is -0.744 e. The zero-order valence-corrected chi connectivity index (χ0v) is 15.3. The summed E-state index contributed by atoms with van der Waals surface area (Å²) in [6.45, 7) is 1.86. The zero-order valence-electron chi connectivity index (χ0n) is 13.7. The van der Waals surface area contributed by atoms with Crippen molar-refractivity contribution >= 4 is 54.0 Å². The van der Waals surface area contributed by atoms with Gasteiger partial charge in [-0.15, -0.1) is 0 Å². The molecule has 26 heavy (non-hydrogen) atoms. The van der Waals surface area contributed by atoms with E-state index in [1.54, 1.807) is 11.1 Å². The first-order valence-corrected chi connectivity index (χ1v) is 9.96. The number of rotatable bonds is 3. The molecule has 0 unspecified atom stereocenters. The first-order valence-electron chi connectivity index (χ1n) is 7.73. The molecule has 0 aliphatic carbocycles. The van der Waals surface area contributed by atoms with Crippen LogP contribution in [0.1, 0.15) is 13.3 Å². The molecule has 2 heterocycles. The third-order valence-corrected chi connectivity index (χ3v) is 5.55. The van der Waals surface area contributed by atoms with E-state index < -0.39 is 10.1 Å². The number of amidine groups is 1. The van der Waals surface area contributed by atoms with Gasteiger partial charge in [0.1, 0.15) is 16.0 Å². The van der Waals surface area contributed by atoms with Crippen molar-refractivity contribution in [2.75, 3.05) is 5.01 Å². The quantitative estimate of drug-likeness (QED) is 0.643. The lowest BCUT2D eigenvalue weighted by Crippen LogP contribution is -2.20. The summed E-state index contributed by atoms with van der Waals surface area (Å²) in [5.41, 5.74) is 2.18. The van der Waals surface area contributed by atoms with Gasteiger partial charge < -0.3 is 4.55 Å². The molecule has 0 amide bonds. The Labute approximate surface area is 154 Å². The molecule has 2 aromatic carbocycles. The second-order valence-electron chi connectivity index (χ2n) is 5.77. The number of thiazole rings is 1. The van der Waals surface area contributed by atoms with Gasteiger partial charge in [-0.3, -0.25) is 0 Å². The van der Waals surface area contributed by atoms with Crippen LogP contribution >= 0.6 is 11.3 Å². The average molecular weight is 385 g/mol. The summed E-state index contributed by atoms with van der Waals surface area (Å²) in [4.78, 5) is 8.80. The molecule has 0 radical (unpaired) electrons. The molecule has 9 heteroatoms. The van der Waals surface area contributed by atoms with E-state index in [1.807, 2.05) is 31.2 Å². The lowest BCUT2D eigenvalue weighted by molar-refractivity contribution is 0.463. The molecule has 4 rings (SSSR count). The Balaban J connectivity index is 1.75. The first-order chi connectivity index (χ1) is 12.4. The van der Waals surface area contributed by atoms with Gasteiger partial charge in [0.05, 0.1) is 20.8 Å². The van der Waals surface area contributed by atoms with E-state index >= 15 is 0 Å². The number of hydrogen-bond donors (Lipinski definition) is 0. The SMILES string of the molecule is CC1=NN(c2cccc(S(=O)(=O)[O-])c2)C(=Nc2nc3ccccc3s2)C1. The van der Waals surface area contributed by atoms with Crippen molar-refractivity contribution in [3.63, 3.8) is 0 Å². The molecule has 132 valence electrons. The second-order valence-corrected chi connectivity index (χ2v) is 8.16. The summed E-state index contributed by atoms with van der Waals surface area (Å²) in [6, 6.07) is 13.5. The van der Waals surface area contributed by atoms with Gasteiger partial charge in [0.15, 0.2) is 0 Å². The molecule has 0 bridgehead atoms. The number of aliphatic imine (C=N–C) groups is 1. The third-order valence-electron chi connectivity index (χ3n) is 3.79. The number of hydrazone groups is 1. The molecule has 0 fully saturated rings. The van der Waals surface area contributed by atoms with Crippen LogP contribution in [-0.2, 0) is 10.1 Å². The summed E-state index contributed by atoms with van der Waals surface area (Å²) < 4.78 is 34.9. The first kappa shape index (κ1) is 16.8. The van der Waals surface area contributed by atoms with E-state index in [0.29, 0.717) is 23.1 Å². The van der Waals surface area contributed by atoms with Gasteiger partial charge in [0, 0.05) is 12.1 Å². The predicted molar refractivity (Wildman–Crippen MR) is 101 cm³/mol. The van der Waals surface area contributed by atoms with Crippen LogP contribution in [0, 0.1) is 0 Å². The van der Waals surface area contributed by atoms with Crippen LogP contribution in [0.3, 0.4) is 0 Å². The standard InChI is InChI=1S/C17H14N4O3S2/c1-11-9-16(19-17-18-14-7-2-3-8-15(14)25-17)21(20-11)12-5-4-6-13(10-12)26(22,23)24/h2-8,10H,9H2,1H3,(H,22,23,24)/p-1. The van der Waals surface area contributed by atoms with Gasteiger partial charge in [0.2, 0.25) is 5.13 Å². The average Bonchev–Trinajstić information content (AvgIpc) is 3.17. The molecule has 3 aromatic rings. The number of benzene rings is 2. The molecule has 0 saturated heterocycles. The summed E-state index contributed by atoms with van der Waals surface area (Å²) in [6.07, 6.45) is 0.518. The molecule has 1 aliphatic heterocycles.